The van der Waals surface area contributed by atoms with E-state index in [9.17, 15) is 10.2 Å². The van der Waals surface area contributed by atoms with Gasteiger partial charge in [0.2, 0.25) is 0 Å². The quantitative estimate of drug-likeness (QED) is 0.339. The van der Waals surface area contributed by atoms with Crippen molar-refractivity contribution < 1.29 is 14.9 Å². The molecule has 0 aliphatic carbocycles. The molecule has 164 valence electrons. The van der Waals surface area contributed by atoms with Crippen molar-refractivity contribution in [3.05, 3.63) is 101 Å². The van der Waals surface area contributed by atoms with Crippen molar-refractivity contribution in [2.45, 2.75) is 18.6 Å². The molecule has 0 saturated carbocycles. The molecular weight excluding hydrogens is 424 g/mol. The Labute approximate surface area is 192 Å². The fraction of sp³-hybridized carbons (Fsp3) is 0.192. The van der Waals surface area contributed by atoms with Crippen molar-refractivity contribution >= 4 is 22.5 Å². The van der Waals surface area contributed by atoms with E-state index >= 15 is 0 Å². The number of nitrogens with zero attached hydrogens (tertiary/aromatic N) is 1. The van der Waals surface area contributed by atoms with Crippen molar-refractivity contribution in [3.63, 3.8) is 0 Å². The summed E-state index contributed by atoms with van der Waals surface area (Å²) in [6.45, 7) is 0.283. The van der Waals surface area contributed by atoms with Crippen molar-refractivity contribution in [1.82, 2.24) is 10.3 Å². The summed E-state index contributed by atoms with van der Waals surface area (Å²) in [4.78, 5) is 4.36. The Balaban J connectivity index is 1.35. The third-order valence-corrected chi connectivity index (χ3v) is 5.53. The fourth-order valence-corrected chi connectivity index (χ4v) is 3.77. The Morgan fingerprint density at radius 2 is 1.78 bits per heavy atom. The number of fused-ring (bicyclic) bond motifs is 1. The van der Waals surface area contributed by atoms with Gasteiger partial charge in [0.05, 0.1) is 18.2 Å². The van der Waals surface area contributed by atoms with Crippen LogP contribution in [0.2, 0.25) is 5.02 Å². The SMILES string of the molecule is OC[C@H](Cc1ccc(Oc2ccnc3ccccc23)cc1)NC[C@@H](O)c1cccc(Cl)c1. The molecule has 4 rings (SSSR count). The van der Waals surface area contributed by atoms with Gasteiger partial charge >= 0.3 is 0 Å². The number of aliphatic hydroxyl groups is 2. The fourth-order valence-electron chi connectivity index (χ4n) is 3.57. The van der Waals surface area contributed by atoms with E-state index in [1.54, 1.807) is 18.3 Å². The lowest BCUT2D eigenvalue weighted by atomic mass is 10.1. The first-order chi connectivity index (χ1) is 15.6. The Morgan fingerprint density at radius 1 is 0.969 bits per heavy atom. The van der Waals surface area contributed by atoms with Gasteiger partial charge < -0.3 is 20.3 Å². The molecule has 0 fully saturated rings. The number of aliphatic hydroxyl groups excluding tert-OH is 2. The van der Waals surface area contributed by atoms with Crippen LogP contribution in [0.4, 0.5) is 0 Å². The summed E-state index contributed by atoms with van der Waals surface area (Å²) in [6, 6.07) is 24.5. The lowest BCUT2D eigenvalue weighted by Gasteiger charge is -2.19. The van der Waals surface area contributed by atoms with Gasteiger partial charge in [0.1, 0.15) is 11.5 Å². The highest BCUT2D eigenvalue weighted by Gasteiger charge is 2.13. The molecule has 0 unspecified atom stereocenters. The number of pyridine rings is 1. The van der Waals surface area contributed by atoms with Crippen molar-refractivity contribution in [2.24, 2.45) is 0 Å². The van der Waals surface area contributed by atoms with E-state index in [2.05, 4.69) is 10.3 Å². The van der Waals surface area contributed by atoms with Crippen LogP contribution in [0.15, 0.2) is 85.1 Å². The van der Waals surface area contributed by atoms with Crippen LogP contribution in [0.1, 0.15) is 17.2 Å². The summed E-state index contributed by atoms with van der Waals surface area (Å²) in [5.41, 5.74) is 2.69. The molecule has 0 bridgehead atoms. The van der Waals surface area contributed by atoms with Gasteiger partial charge in [0.15, 0.2) is 0 Å². The molecule has 0 saturated heterocycles. The predicted octanol–water partition coefficient (Wildman–Crippen LogP) is 4.91. The lowest BCUT2D eigenvalue weighted by Crippen LogP contribution is -2.37. The van der Waals surface area contributed by atoms with E-state index in [0.717, 1.165) is 33.5 Å². The predicted molar refractivity (Wildman–Crippen MR) is 127 cm³/mol. The van der Waals surface area contributed by atoms with Crippen LogP contribution in [0.3, 0.4) is 0 Å². The summed E-state index contributed by atoms with van der Waals surface area (Å²) in [7, 11) is 0. The maximum Gasteiger partial charge on any atom is 0.138 e. The number of benzene rings is 3. The lowest BCUT2D eigenvalue weighted by molar-refractivity contribution is 0.158. The maximum atomic E-state index is 10.4. The number of aromatic nitrogens is 1. The van der Waals surface area contributed by atoms with Crippen LogP contribution < -0.4 is 10.1 Å². The minimum atomic E-state index is -0.700. The molecule has 3 N–H and O–H groups in total. The second kappa shape index (κ2) is 10.6. The zero-order valence-electron chi connectivity index (χ0n) is 17.5. The zero-order valence-corrected chi connectivity index (χ0v) is 18.2. The van der Waals surface area contributed by atoms with E-state index in [4.69, 9.17) is 16.3 Å². The van der Waals surface area contributed by atoms with E-state index in [1.807, 2.05) is 66.7 Å². The third kappa shape index (κ3) is 5.64. The molecule has 0 aliphatic heterocycles. The van der Waals surface area contributed by atoms with E-state index < -0.39 is 6.10 Å². The normalized spacial score (nSPS) is 13.1. The molecule has 1 heterocycles. The molecule has 1 aromatic heterocycles. The molecule has 4 aromatic rings. The molecule has 6 heteroatoms. The zero-order chi connectivity index (χ0) is 22.3. The Morgan fingerprint density at radius 3 is 2.56 bits per heavy atom. The topological polar surface area (TPSA) is 74.6 Å². The minimum absolute atomic E-state index is 0.0382. The maximum absolute atomic E-state index is 10.4. The van der Waals surface area contributed by atoms with Gasteiger partial charge in [-0.2, -0.15) is 0 Å². The number of hydrogen-bond acceptors (Lipinski definition) is 5. The average molecular weight is 449 g/mol. The molecule has 0 aliphatic rings. The summed E-state index contributed by atoms with van der Waals surface area (Å²) in [5.74, 6) is 1.49. The van der Waals surface area contributed by atoms with Crippen molar-refractivity contribution in [2.75, 3.05) is 13.2 Å². The Hall–Kier alpha value is -2.96. The molecule has 0 radical (unpaired) electrons. The highest BCUT2D eigenvalue weighted by Crippen LogP contribution is 2.28. The second-order valence-corrected chi connectivity index (χ2v) is 8.07. The minimum Gasteiger partial charge on any atom is -0.457 e. The van der Waals surface area contributed by atoms with Gasteiger partial charge in [-0.25, -0.2) is 0 Å². The van der Waals surface area contributed by atoms with E-state index in [-0.39, 0.29) is 12.6 Å². The standard InChI is InChI=1S/C26H25ClN2O3/c27-20-5-3-4-19(15-20)25(31)16-29-21(17-30)14-18-8-10-22(11-9-18)32-26-12-13-28-24-7-2-1-6-23(24)26/h1-13,15,21,25,29-31H,14,16-17H2/t21-,25+/m0/s1. The molecule has 3 aromatic carbocycles. The van der Waals surface area contributed by atoms with Crippen LogP contribution in [0, 0.1) is 0 Å². The van der Waals surface area contributed by atoms with Crippen LogP contribution in [0.25, 0.3) is 10.9 Å². The van der Waals surface area contributed by atoms with E-state index in [1.165, 1.54) is 0 Å². The summed E-state index contributed by atoms with van der Waals surface area (Å²) >= 11 is 5.99. The Bertz CT molecular complexity index is 1160. The van der Waals surface area contributed by atoms with Crippen LogP contribution >= 0.6 is 11.6 Å². The van der Waals surface area contributed by atoms with Crippen molar-refractivity contribution in [1.29, 1.82) is 0 Å². The van der Waals surface area contributed by atoms with Crippen molar-refractivity contribution in [3.8, 4) is 11.5 Å². The summed E-state index contributed by atoms with van der Waals surface area (Å²) in [6.07, 6.45) is 1.66. The number of para-hydroxylation sites is 1. The highest BCUT2D eigenvalue weighted by atomic mass is 35.5. The van der Waals surface area contributed by atoms with Gasteiger partial charge in [0.25, 0.3) is 0 Å². The van der Waals surface area contributed by atoms with Gasteiger partial charge in [-0.1, -0.05) is 48.0 Å². The van der Waals surface area contributed by atoms with Gasteiger partial charge in [-0.15, -0.1) is 0 Å². The first kappa shape index (κ1) is 22.2. The smallest absolute Gasteiger partial charge is 0.138 e. The Kier molecular flexibility index (Phi) is 7.35. The number of ether oxygens (including phenoxy) is 1. The molecule has 2 atom stereocenters. The van der Waals surface area contributed by atoms with Gasteiger partial charge in [0, 0.05) is 29.2 Å². The van der Waals surface area contributed by atoms with Crippen LogP contribution in [-0.2, 0) is 6.42 Å². The first-order valence-corrected chi connectivity index (χ1v) is 10.9. The van der Waals surface area contributed by atoms with E-state index in [0.29, 0.717) is 18.0 Å². The molecule has 0 spiro atoms. The second-order valence-electron chi connectivity index (χ2n) is 7.63. The summed E-state index contributed by atoms with van der Waals surface area (Å²) < 4.78 is 6.07. The van der Waals surface area contributed by atoms with Crippen LogP contribution in [0.5, 0.6) is 11.5 Å². The number of rotatable bonds is 9. The molecular formula is C26H25ClN2O3. The number of nitrogens with one attached hydrogen (secondary N) is 1. The van der Waals surface area contributed by atoms with Crippen LogP contribution in [-0.4, -0.2) is 34.4 Å². The number of hydrogen-bond donors (Lipinski definition) is 3. The van der Waals surface area contributed by atoms with Gasteiger partial charge in [-0.05, 0) is 60.0 Å². The summed E-state index contributed by atoms with van der Waals surface area (Å²) in [5, 5.41) is 24.9. The number of halogens is 1. The monoisotopic (exact) mass is 448 g/mol. The van der Waals surface area contributed by atoms with Gasteiger partial charge in [-0.3, -0.25) is 4.98 Å². The molecule has 32 heavy (non-hydrogen) atoms. The first-order valence-electron chi connectivity index (χ1n) is 10.5. The largest absolute Gasteiger partial charge is 0.457 e. The average Bonchev–Trinajstić information content (AvgIpc) is 2.83. The molecule has 5 nitrogen and oxygen atoms in total. The molecule has 0 amide bonds. The third-order valence-electron chi connectivity index (χ3n) is 5.30. The highest BCUT2D eigenvalue weighted by molar-refractivity contribution is 6.30.